The van der Waals surface area contributed by atoms with Gasteiger partial charge < -0.3 is 10.2 Å². The molecule has 2 N–H and O–H groups in total. The molecule has 0 spiro atoms. The summed E-state index contributed by atoms with van der Waals surface area (Å²) in [6.07, 6.45) is 7.61. The third-order valence-corrected chi connectivity index (χ3v) is 7.77. The monoisotopic (exact) mass is 318 g/mol. The molecule has 4 heteroatoms. The number of aliphatic hydroxyl groups is 2. The number of carbonyl (C=O) groups is 2. The van der Waals surface area contributed by atoms with E-state index in [1.807, 2.05) is 13.0 Å². The van der Waals surface area contributed by atoms with Crippen molar-refractivity contribution in [3.05, 3.63) is 12.2 Å². The van der Waals surface area contributed by atoms with Crippen molar-refractivity contribution < 1.29 is 19.8 Å². The van der Waals surface area contributed by atoms with Gasteiger partial charge in [0.15, 0.2) is 11.6 Å². The summed E-state index contributed by atoms with van der Waals surface area (Å²) in [5.74, 6) is 1.35. The van der Waals surface area contributed by atoms with E-state index >= 15 is 0 Å². The van der Waals surface area contributed by atoms with Crippen LogP contribution in [0.2, 0.25) is 0 Å². The maximum absolute atomic E-state index is 12.5. The van der Waals surface area contributed by atoms with E-state index in [0.717, 1.165) is 25.7 Å². The van der Waals surface area contributed by atoms with Crippen LogP contribution in [0.15, 0.2) is 12.2 Å². The van der Waals surface area contributed by atoms with E-state index in [4.69, 9.17) is 0 Å². The van der Waals surface area contributed by atoms with Gasteiger partial charge in [0.25, 0.3) is 0 Å². The van der Waals surface area contributed by atoms with Gasteiger partial charge in [-0.3, -0.25) is 9.59 Å². The summed E-state index contributed by atoms with van der Waals surface area (Å²) in [5.41, 5.74) is -0.687. The van der Waals surface area contributed by atoms with Crippen molar-refractivity contribution in [2.24, 2.45) is 34.5 Å². The van der Waals surface area contributed by atoms with Crippen molar-refractivity contribution in [3.8, 4) is 0 Å². The minimum atomic E-state index is -0.810. The van der Waals surface area contributed by atoms with Gasteiger partial charge in [0.2, 0.25) is 0 Å². The normalized spacial score (nSPS) is 52.0. The summed E-state index contributed by atoms with van der Waals surface area (Å²) in [6, 6.07) is 0. The van der Waals surface area contributed by atoms with E-state index in [1.165, 1.54) is 0 Å². The quantitative estimate of drug-likeness (QED) is 0.774. The van der Waals surface area contributed by atoms with E-state index in [-0.39, 0.29) is 35.4 Å². The Hall–Kier alpha value is -1.00. The second-order valence-electron chi connectivity index (χ2n) is 8.50. The Balaban J connectivity index is 1.72. The van der Waals surface area contributed by atoms with E-state index in [9.17, 15) is 19.8 Å². The van der Waals surface area contributed by atoms with Crippen molar-refractivity contribution in [2.45, 2.75) is 51.6 Å². The molecule has 4 nitrogen and oxygen atoms in total. The minimum Gasteiger partial charge on any atom is -0.395 e. The van der Waals surface area contributed by atoms with Crippen LogP contribution in [0.4, 0.5) is 0 Å². The highest BCUT2D eigenvalue weighted by Gasteiger charge is 2.62. The molecule has 0 aliphatic heterocycles. The van der Waals surface area contributed by atoms with Crippen LogP contribution in [-0.4, -0.2) is 34.5 Å². The van der Waals surface area contributed by atoms with Crippen LogP contribution in [0.1, 0.15) is 45.4 Å². The molecule has 0 saturated heterocycles. The molecule has 4 rings (SSSR count). The van der Waals surface area contributed by atoms with Crippen molar-refractivity contribution >= 4 is 11.6 Å². The summed E-state index contributed by atoms with van der Waals surface area (Å²) in [4.78, 5) is 24.3. The van der Waals surface area contributed by atoms with Crippen molar-refractivity contribution in [1.29, 1.82) is 0 Å². The van der Waals surface area contributed by atoms with Gasteiger partial charge in [-0.15, -0.1) is 0 Å². The van der Waals surface area contributed by atoms with Gasteiger partial charge in [0.1, 0.15) is 6.10 Å². The number of carbonyl (C=O) groups excluding carboxylic acids is 2. The summed E-state index contributed by atoms with van der Waals surface area (Å²) >= 11 is 0. The zero-order chi connectivity index (χ0) is 16.4. The fourth-order valence-corrected chi connectivity index (χ4v) is 6.52. The zero-order valence-corrected chi connectivity index (χ0v) is 13.7. The van der Waals surface area contributed by atoms with E-state index < -0.39 is 11.5 Å². The molecule has 3 saturated carbocycles. The van der Waals surface area contributed by atoms with Gasteiger partial charge in [-0.05, 0) is 61.9 Å². The number of aliphatic hydroxyl groups excluding tert-OH is 2. The molecule has 0 aromatic heterocycles. The average Bonchev–Trinajstić information content (AvgIpc) is 2.78. The maximum atomic E-state index is 12.5. The molecule has 3 fully saturated rings. The number of fused-ring (bicyclic) bond motifs is 5. The van der Waals surface area contributed by atoms with Crippen molar-refractivity contribution in [1.82, 2.24) is 0 Å². The Bertz CT molecular complexity index is 582. The Morgan fingerprint density at radius 1 is 1.22 bits per heavy atom. The summed E-state index contributed by atoms with van der Waals surface area (Å²) in [6.45, 7) is 2.12. The molecule has 23 heavy (non-hydrogen) atoms. The number of allylic oxidation sites excluding steroid dienone is 1. The molecule has 0 heterocycles. The fourth-order valence-electron chi connectivity index (χ4n) is 6.52. The van der Waals surface area contributed by atoms with Gasteiger partial charge in [0.05, 0.1) is 6.61 Å². The first-order valence-electron chi connectivity index (χ1n) is 8.97. The van der Waals surface area contributed by atoms with E-state index in [2.05, 4.69) is 0 Å². The van der Waals surface area contributed by atoms with Gasteiger partial charge in [-0.2, -0.15) is 0 Å². The molecule has 0 amide bonds. The number of hydrogen-bond acceptors (Lipinski definition) is 4. The van der Waals surface area contributed by atoms with Crippen LogP contribution in [0, 0.1) is 34.5 Å². The molecule has 7 atom stereocenters. The number of ketones is 2. The van der Waals surface area contributed by atoms with Crippen LogP contribution >= 0.6 is 0 Å². The van der Waals surface area contributed by atoms with Gasteiger partial charge in [-0.25, -0.2) is 0 Å². The zero-order valence-electron chi connectivity index (χ0n) is 13.7. The Kier molecular flexibility index (Phi) is 3.37. The first-order chi connectivity index (χ1) is 10.9. The van der Waals surface area contributed by atoms with Gasteiger partial charge in [0, 0.05) is 17.3 Å². The molecule has 2 unspecified atom stereocenters. The SMILES string of the molecule is C[C@]12CC[C@@H]3[C@@H](CCC4CC(=O)C=C[C@@]43CO)[C@@H]1CC(O)C2=O. The van der Waals surface area contributed by atoms with Crippen molar-refractivity contribution in [3.63, 3.8) is 0 Å². The van der Waals surface area contributed by atoms with Crippen LogP contribution < -0.4 is 0 Å². The first-order valence-corrected chi connectivity index (χ1v) is 8.97. The maximum Gasteiger partial charge on any atom is 0.167 e. The lowest BCUT2D eigenvalue weighted by molar-refractivity contribution is -0.141. The summed E-state index contributed by atoms with van der Waals surface area (Å²) in [7, 11) is 0. The molecule has 4 aliphatic carbocycles. The summed E-state index contributed by atoms with van der Waals surface area (Å²) < 4.78 is 0. The van der Waals surface area contributed by atoms with E-state index in [1.54, 1.807) is 6.08 Å². The number of rotatable bonds is 1. The molecule has 4 aliphatic rings. The third kappa shape index (κ3) is 1.91. The smallest absolute Gasteiger partial charge is 0.167 e. The van der Waals surface area contributed by atoms with Crippen LogP contribution in [-0.2, 0) is 9.59 Å². The highest BCUT2D eigenvalue weighted by Crippen LogP contribution is 2.64. The van der Waals surface area contributed by atoms with Gasteiger partial charge >= 0.3 is 0 Å². The lowest BCUT2D eigenvalue weighted by Crippen LogP contribution is -2.55. The van der Waals surface area contributed by atoms with Crippen LogP contribution in [0.3, 0.4) is 0 Å². The molecule has 0 aromatic carbocycles. The van der Waals surface area contributed by atoms with Crippen molar-refractivity contribution in [2.75, 3.05) is 6.61 Å². The molecular weight excluding hydrogens is 292 g/mol. The Labute approximate surface area is 137 Å². The molecule has 0 radical (unpaired) electrons. The third-order valence-electron chi connectivity index (χ3n) is 7.77. The molecular formula is C19H26O4. The molecule has 126 valence electrons. The van der Waals surface area contributed by atoms with Gasteiger partial charge in [-0.1, -0.05) is 13.0 Å². The standard InChI is InChI=1S/C19H26O4/c1-18-6-5-14-13(15(18)9-16(22)17(18)23)3-2-11-8-12(21)4-7-19(11,14)10-20/h4,7,11,13-16,20,22H,2-3,5-6,8-10H2,1H3/t11?,13-,14-,15+,16?,18+,19-/m1/s1. The fraction of sp³-hybridized carbons (Fsp3) is 0.789. The molecule has 0 bridgehead atoms. The highest BCUT2D eigenvalue weighted by atomic mass is 16.3. The highest BCUT2D eigenvalue weighted by molar-refractivity contribution is 5.92. The summed E-state index contributed by atoms with van der Waals surface area (Å²) in [5, 5.41) is 20.3. The number of hydrogen-bond donors (Lipinski definition) is 2. The largest absolute Gasteiger partial charge is 0.395 e. The first kappa shape index (κ1) is 15.5. The van der Waals surface area contributed by atoms with E-state index in [0.29, 0.717) is 24.7 Å². The number of Topliss-reactive ketones (excluding diaryl/α,β-unsaturated/α-hetero) is 1. The molecule has 0 aromatic rings. The lowest BCUT2D eigenvalue weighted by Gasteiger charge is -2.58. The predicted molar refractivity (Wildman–Crippen MR) is 84.4 cm³/mol. The van der Waals surface area contributed by atoms with Crippen LogP contribution in [0.5, 0.6) is 0 Å². The second kappa shape index (κ2) is 5.00. The Morgan fingerprint density at radius 2 is 2.00 bits per heavy atom. The Morgan fingerprint density at radius 3 is 2.74 bits per heavy atom. The lowest BCUT2D eigenvalue weighted by atomic mass is 9.46. The average molecular weight is 318 g/mol. The van der Waals surface area contributed by atoms with Crippen LogP contribution in [0.25, 0.3) is 0 Å². The topological polar surface area (TPSA) is 74.6 Å². The predicted octanol–water partition coefficient (Wildman–Crippen LogP) is 1.89. The minimum absolute atomic E-state index is 0.0236. The second-order valence-corrected chi connectivity index (χ2v) is 8.50.